The minimum absolute atomic E-state index is 0.0376. The van der Waals surface area contributed by atoms with Crippen LogP contribution in [0.4, 0.5) is 5.69 Å². The van der Waals surface area contributed by atoms with Crippen molar-refractivity contribution in [3.05, 3.63) is 28.2 Å². The van der Waals surface area contributed by atoms with Crippen LogP contribution in [0, 0.1) is 5.92 Å². The van der Waals surface area contributed by atoms with E-state index in [0.717, 1.165) is 0 Å². The lowest BCUT2D eigenvalue weighted by molar-refractivity contribution is -0.122. The topological polar surface area (TPSA) is 95.4 Å². The zero-order valence-electron chi connectivity index (χ0n) is 9.27. The number of esters is 1. The molecule has 0 spiro atoms. The molecule has 1 atom stereocenters. The molecule has 1 aromatic carbocycles. The monoisotopic (exact) mass is 300 g/mol. The fraction of sp³-hybridized carbons (Fsp3) is 0.273. The smallest absolute Gasteiger partial charge is 0.338 e. The van der Waals surface area contributed by atoms with Crippen molar-refractivity contribution in [2.45, 2.75) is 6.92 Å². The molecule has 0 aliphatic heterocycles. The summed E-state index contributed by atoms with van der Waals surface area (Å²) in [6, 6.07) is 4.74. The van der Waals surface area contributed by atoms with E-state index < -0.39 is 17.8 Å². The Hall–Kier alpha value is -1.56. The number of anilines is 1. The Bertz CT molecular complexity index is 448. The van der Waals surface area contributed by atoms with Gasteiger partial charge in [-0.05, 0) is 34.1 Å². The fourth-order valence-electron chi connectivity index (χ4n) is 1.04. The molecule has 0 radical (unpaired) electrons. The second-order valence-corrected chi connectivity index (χ2v) is 4.49. The molecule has 1 aromatic rings. The van der Waals surface area contributed by atoms with Crippen molar-refractivity contribution in [2.24, 2.45) is 11.7 Å². The third kappa shape index (κ3) is 3.74. The molecule has 0 saturated heterocycles. The number of hydrogen-bond acceptors (Lipinski definition) is 4. The summed E-state index contributed by atoms with van der Waals surface area (Å²) >= 11 is 3.22. The highest BCUT2D eigenvalue weighted by Gasteiger charge is 2.14. The van der Waals surface area contributed by atoms with Crippen molar-refractivity contribution in [1.82, 2.24) is 0 Å². The Morgan fingerprint density at radius 1 is 1.47 bits per heavy atom. The highest BCUT2D eigenvalue weighted by atomic mass is 79.9. The molecular formula is C11H13BrN2O3. The van der Waals surface area contributed by atoms with Gasteiger partial charge in [0.05, 0.1) is 11.5 Å². The molecule has 1 unspecified atom stereocenters. The van der Waals surface area contributed by atoms with E-state index in [2.05, 4.69) is 15.9 Å². The van der Waals surface area contributed by atoms with Crippen molar-refractivity contribution in [1.29, 1.82) is 0 Å². The minimum Gasteiger partial charge on any atom is -0.461 e. The van der Waals surface area contributed by atoms with E-state index in [9.17, 15) is 9.59 Å². The first kappa shape index (κ1) is 13.5. The quantitative estimate of drug-likeness (QED) is 0.647. The van der Waals surface area contributed by atoms with Crippen LogP contribution in [0.25, 0.3) is 0 Å². The number of primary amides is 1. The molecule has 92 valence electrons. The first-order valence-corrected chi connectivity index (χ1v) is 5.72. The van der Waals surface area contributed by atoms with Crippen LogP contribution in [0.1, 0.15) is 17.3 Å². The fourth-order valence-corrected chi connectivity index (χ4v) is 1.28. The van der Waals surface area contributed by atoms with Gasteiger partial charge in [-0.3, -0.25) is 4.79 Å². The van der Waals surface area contributed by atoms with Crippen LogP contribution in [-0.4, -0.2) is 18.5 Å². The molecule has 17 heavy (non-hydrogen) atoms. The van der Waals surface area contributed by atoms with Gasteiger partial charge in [0, 0.05) is 10.2 Å². The molecule has 0 aliphatic carbocycles. The van der Waals surface area contributed by atoms with Gasteiger partial charge in [0.1, 0.15) is 6.61 Å². The van der Waals surface area contributed by atoms with E-state index in [1.165, 1.54) is 6.07 Å². The van der Waals surface area contributed by atoms with Gasteiger partial charge in [0.2, 0.25) is 5.91 Å². The van der Waals surface area contributed by atoms with E-state index in [-0.39, 0.29) is 6.61 Å². The van der Waals surface area contributed by atoms with E-state index in [4.69, 9.17) is 16.2 Å². The van der Waals surface area contributed by atoms with Crippen LogP contribution in [-0.2, 0) is 9.53 Å². The van der Waals surface area contributed by atoms with Gasteiger partial charge in [0.25, 0.3) is 0 Å². The summed E-state index contributed by atoms with van der Waals surface area (Å²) in [7, 11) is 0. The number of hydrogen-bond donors (Lipinski definition) is 2. The van der Waals surface area contributed by atoms with Gasteiger partial charge >= 0.3 is 5.97 Å². The number of carbonyl (C=O) groups excluding carboxylic acids is 2. The number of benzene rings is 1. The number of halogens is 1. The maximum atomic E-state index is 11.6. The molecule has 0 fully saturated rings. The van der Waals surface area contributed by atoms with Gasteiger partial charge in [-0.25, -0.2) is 4.79 Å². The number of amides is 1. The van der Waals surface area contributed by atoms with Crippen molar-refractivity contribution in [3.63, 3.8) is 0 Å². The lowest BCUT2D eigenvalue weighted by atomic mass is 10.2. The number of carbonyl (C=O) groups is 2. The Labute approximate surface area is 107 Å². The van der Waals surface area contributed by atoms with Crippen molar-refractivity contribution in [2.75, 3.05) is 12.3 Å². The molecule has 0 bridgehead atoms. The largest absolute Gasteiger partial charge is 0.461 e. The van der Waals surface area contributed by atoms with E-state index >= 15 is 0 Å². The summed E-state index contributed by atoms with van der Waals surface area (Å²) in [5.41, 5.74) is 11.5. The van der Waals surface area contributed by atoms with Gasteiger partial charge < -0.3 is 16.2 Å². The van der Waals surface area contributed by atoms with E-state index in [0.29, 0.717) is 15.7 Å². The number of nitrogens with two attached hydrogens (primary N) is 2. The first-order valence-electron chi connectivity index (χ1n) is 4.93. The number of nitrogen functional groups attached to an aromatic ring is 1. The summed E-state index contributed by atoms with van der Waals surface area (Å²) in [4.78, 5) is 22.3. The minimum atomic E-state index is -0.530. The molecule has 4 N–H and O–H groups in total. The maximum absolute atomic E-state index is 11.6. The maximum Gasteiger partial charge on any atom is 0.338 e. The van der Waals surface area contributed by atoms with Crippen LogP contribution in [0.3, 0.4) is 0 Å². The Kier molecular flexibility index (Phi) is 4.51. The zero-order chi connectivity index (χ0) is 13.0. The van der Waals surface area contributed by atoms with Crippen LogP contribution >= 0.6 is 15.9 Å². The number of ether oxygens (including phenoxy) is 1. The first-order chi connectivity index (χ1) is 7.91. The second kappa shape index (κ2) is 5.67. The SMILES string of the molecule is CC(COC(=O)c1ccc(Br)c(N)c1)C(N)=O. The van der Waals surface area contributed by atoms with Gasteiger partial charge in [-0.1, -0.05) is 6.92 Å². The molecule has 0 heterocycles. The summed E-state index contributed by atoms with van der Waals surface area (Å²) in [6.45, 7) is 1.55. The van der Waals surface area contributed by atoms with Crippen LogP contribution < -0.4 is 11.5 Å². The van der Waals surface area contributed by atoms with E-state index in [1.807, 2.05) is 0 Å². The lowest BCUT2D eigenvalue weighted by Crippen LogP contribution is -2.25. The molecule has 1 rings (SSSR count). The van der Waals surface area contributed by atoms with Gasteiger partial charge in [-0.15, -0.1) is 0 Å². The third-order valence-electron chi connectivity index (χ3n) is 2.18. The van der Waals surface area contributed by atoms with Crippen LogP contribution in [0.2, 0.25) is 0 Å². The van der Waals surface area contributed by atoms with Crippen LogP contribution in [0.15, 0.2) is 22.7 Å². The highest BCUT2D eigenvalue weighted by molar-refractivity contribution is 9.10. The van der Waals surface area contributed by atoms with Crippen molar-refractivity contribution < 1.29 is 14.3 Å². The molecule has 5 nitrogen and oxygen atoms in total. The van der Waals surface area contributed by atoms with Crippen molar-refractivity contribution in [3.8, 4) is 0 Å². The second-order valence-electron chi connectivity index (χ2n) is 3.64. The standard InChI is InChI=1S/C11H13BrN2O3/c1-6(10(14)15)5-17-11(16)7-2-3-8(12)9(13)4-7/h2-4,6H,5,13H2,1H3,(H2,14,15). The lowest BCUT2D eigenvalue weighted by Gasteiger charge is -2.09. The van der Waals surface area contributed by atoms with Crippen molar-refractivity contribution >= 4 is 33.5 Å². The third-order valence-corrected chi connectivity index (χ3v) is 2.90. The predicted octanol–water partition coefficient (Wildman–Crippen LogP) is 1.31. The molecule has 0 saturated carbocycles. The molecule has 6 heteroatoms. The molecule has 0 aromatic heterocycles. The van der Waals surface area contributed by atoms with E-state index in [1.54, 1.807) is 19.1 Å². The average Bonchev–Trinajstić information content (AvgIpc) is 2.28. The summed E-state index contributed by atoms with van der Waals surface area (Å²) in [5.74, 6) is -1.54. The highest BCUT2D eigenvalue weighted by Crippen LogP contribution is 2.20. The molecule has 0 aliphatic rings. The van der Waals surface area contributed by atoms with Crippen LogP contribution in [0.5, 0.6) is 0 Å². The summed E-state index contributed by atoms with van der Waals surface area (Å²) in [6.07, 6.45) is 0. The molecule has 1 amide bonds. The zero-order valence-corrected chi connectivity index (χ0v) is 10.9. The summed E-state index contributed by atoms with van der Waals surface area (Å²) in [5, 5.41) is 0. The average molecular weight is 301 g/mol. The van der Waals surface area contributed by atoms with Gasteiger partial charge in [-0.2, -0.15) is 0 Å². The Balaban J connectivity index is 2.64. The predicted molar refractivity (Wildman–Crippen MR) is 67.2 cm³/mol. The normalized spacial score (nSPS) is 11.9. The molecular weight excluding hydrogens is 288 g/mol. The Morgan fingerprint density at radius 3 is 2.65 bits per heavy atom. The summed E-state index contributed by atoms with van der Waals surface area (Å²) < 4.78 is 5.64. The Morgan fingerprint density at radius 2 is 2.12 bits per heavy atom. The van der Waals surface area contributed by atoms with Gasteiger partial charge in [0.15, 0.2) is 0 Å². The number of rotatable bonds is 4.